The number of hydrogen-bond donors (Lipinski definition) is 0. The lowest BCUT2D eigenvalue weighted by Crippen LogP contribution is -2.14. The molecular formula is C8H11NO. The lowest BCUT2D eigenvalue weighted by Gasteiger charge is -2.11. The van der Waals surface area contributed by atoms with Gasteiger partial charge in [0, 0.05) is 0 Å². The highest BCUT2D eigenvalue weighted by atomic mass is 16.5. The van der Waals surface area contributed by atoms with Gasteiger partial charge in [0.25, 0.3) is 0 Å². The molecule has 0 N–H and O–H groups in total. The molecule has 0 aromatic carbocycles. The molecule has 2 nitrogen and oxygen atoms in total. The smallest absolute Gasteiger partial charge is 0.214 e. The van der Waals surface area contributed by atoms with Crippen molar-refractivity contribution in [3.8, 4) is 0 Å². The number of nitrogens with zero attached hydrogens (tertiary/aromatic N) is 1. The maximum Gasteiger partial charge on any atom is 0.214 e. The Hall–Kier alpha value is -1.05. The van der Waals surface area contributed by atoms with Gasteiger partial charge in [-0.15, -0.1) is 0 Å². The maximum absolute atomic E-state index is 5.16. The molecule has 0 saturated carbocycles. The first-order valence-electron chi connectivity index (χ1n) is 3.16. The van der Waals surface area contributed by atoms with Crippen LogP contribution in [0.5, 0.6) is 0 Å². The van der Waals surface area contributed by atoms with E-state index in [2.05, 4.69) is 18.2 Å². The first-order chi connectivity index (χ1) is 4.56. The van der Waals surface area contributed by atoms with Crippen LogP contribution in [-0.2, 0) is 4.74 Å². The van der Waals surface area contributed by atoms with Gasteiger partial charge in [-0.3, -0.25) is 0 Å². The summed E-state index contributed by atoms with van der Waals surface area (Å²) in [6.07, 6.45) is 1.58. The fraction of sp³-hybridized carbons (Fsp3) is 0.375. The number of hydrogen-bond acceptors (Lipinski definition) is 2. The fourth-order valence-electron chi connectivity index (χ4n) is 0.699. The second-order valence-electron chi connectivity index (χ2n) is 2.74. The van der Waals surface area contributed by atoms with Crippen LogP contribution in [0.4, 0.5) is 0 Å². The number of ether oxygens (including phenoxy) is 1. The second kappa shape index (κ2) is 1.97. The first-order valence-corrected chi connectivity index (χ1v) is 3.16. The van der Waals surface area contributed by atoms with Crippen LogP contribution in [0.25, 0.3) is 0 Å². The molecule has 0 unspecified atom stereocenters. The third-order valence-electron chi connectivity index (χ3n) is 1.47. The molecule has 0 fully saturated rings. The molecule has 0 bridgehead atoms. The molecule has 1 rings (SSSR count). The Labute approximate surface area is 60.9 Å². The summed E-state index contributed by atoms with van der Waals surface area (Å²) in [5.41, 5.74) is -0.274. The zero-order valence-electron chi connectivity index (χ0n) is 6.35. The van der Waals surface area contributed by atoms with Gasteiger partial charge in [-0.1, -0.05) is 13.2 Å². The van der Waals surface area contributed by atoms with Crippen molar-refractivity contribution in [1.82, 2.24) is 0 Å². The van der Waals surface area contributed by atoms with Gasteiger partial charge in [0.15, 0.2) is 0 Å². The fourth-order valence-corrected chi connectivity index (χ4v) is 0.699. The Morgan fingerprint density at radius 1 is 1.60 bits per heavy atom. The van der Waals surface area contributed by atoms with E-state index >= 15 is 0 Å². The Balaban J connectivity index is 2.91. The highest BCUT2D eigenvalue weighted by Gasteiger charge is 2.29. The molecule has 0 aliphatic carbocycles. The van der Waals surface area contributed by atoms with Gasteiger partial charge < -0.3 is 4.74 Å². The van der Waals surface area contributed by atoms with Crippen LogP contribution in [0, 0.1) is 0 Å². The van der Waals surface area contributed by atoms with E-state index in [0.717, 1.165) is 0 Å². The SMILES string of the molecule is C=CC1=NC(C)(C)C(=C)O1. The molecule has 0 amide bonds. The minimum absolute atomic E-state index is 0.274. The molecule has 0 atom stereocenters. The summed E-state index contributed by atoms with van der Waals surface area (Å²) in [6, 6.07) is 0. The monoisotopic (exact) mass is 137 g/mol. The minimum Gasteiger partial charge on any atom is -0.442 e. The highest BCUT2D eigenvalue weighted by Crippen LogP contribution is 2.26. The van der Waals surface area contributed by atoms with E-state index in [4.69, 9.17) is 4.74 Å². The second-order valence-corrected chi connectivity index (χ2v) is 2.74. The van der Waals surface area contributed by atoms with Crippen molar-refractivity contribution in [3.05, 3.63) is 25.0 Å². The minimum atomic E-state index is -0.274. The standard InChI is InChI=1S/C8H11NO/c1-5-7-9-8(3,4)6(2)10-7/h5H,1-2H2,3-4H3. The highest BCUT2D eigenvalue weighted by molar-refractivity contribution is 5.90. The molecule has 1 heterocycles. The van der Waals surface area contributed by atoms with Gasteiger partial charge >= 0.3 is 0 Å². The Morgan fingerprint density at radius 3 is 2.40 bits per heavy atom. The average Bonchev–Trinajstić information content (AvgIpc) is 2.08. The Bertz CT molecular complexity index is 213. The van der Waals surface area contributed by atoms with Gasteiger partial charge in [0.1, 0.15) is 11.3 Å². The third kappa shape index (κ3) is 0.967. The van der Waals surface area contributed by atoms with E-state index in [1.807, 2.05) is 13.8 Å². The molecule has 2 heteroatoms. The van der Waals surface area contributed by atoms with Crippen LogP contribution in [0.3, 0.4) is 0 Å². The van der Waals surface area contributed by atoms with Crippen LogP contribution in [-0.4, -0.2) is 11.4 Å². The molecule has 54 valence electrons. The molecule has 0 spiro atoms. The first kappa shape index (κ1) is 7.06. The van der Waals surface area contributed by atoms with E-state index in [1.54, 1.807) is 6.08 Å². The van der Waals surface area contributed by atoms with Crippen LogP contribution in [0.2, 0.25) is 0 Å². The quantitative estimate of drug-likeness (QED) is 0.540. The molecule has 0 saturated heterocycles. The summed E-state index contributed by atoms with van der Waals surface area (Å²) < 4.78 is 5.16. The van der Waals surface area contributed by atoms with E-state index < -0.39 is 0 Å². The van der Waals surface area contributed by atoms with E-state index in [9.17, 15) is 0 Å². The summed E-state index contributed by atoms with van der Waals surface area (Å²) in [7, 11) is 0. The zero-order valence-corrected chi connectivity index (χ0v) is 6.35. The van der Waals surface area contributed by atoms with Gasteiger partial charge in [-0.25, -0.2) is 4.99 Å². The molecule has 0 radical (unpaired) electrons. The van der Waals surface area contributed by atoms with Gasteiger partial charge in [0.2, 0.25) is 5.90 Å². The predicted octanol–water partition coefficient (Wildman–Crippen LogP) is 1.89. The zero-order chi connectivity index (χ0) is 7.78. The Morgan fingerprint density at radius 2 is 2.20 bits per heavy atom. The van der Waals surface area contributed by atoms with Gasteiger partial charge in [-0.2, -0.15) is 0 Å². The van der Waals surface area contributed by atoms with Crippen LogP contribution < -0.4 is 0 Å². The van der Waals surface area contributed by atoms with Crippen molar-refractivity contribution >= 4 is 5.90 Å². The summed E-state index contributed by atoms with van der Waals surface area (Å²) in [4.78, 5) is 4.20. The lowest BCUT2D eigenvalue weighted by molar-refractivity contribution is 0.386. The molecule has 1 aliphatic rings. The van der Waals surface area contributed by atoms with Crippen molar-refractivity contribution in [2.24, 2.45) is 4.99 Å². The van der Waals surface area contributed by atoms with Crippen molar-refractivity contribution < 1.29 is 4.74 Å². The van der Waals surface area contributed by atoms with E-state index in [-0.39, 0.29) is 5.54 Å². The predicted molar refractivity (Wildman–Crippen MR) is 41.9 cm³/mol. The maximum atomic E-state index is 5.16. The van der Waals surface area contributed by atoms with E-state index in [1.165, 1.54) is 0 Å². The summed E-state index contributed by atoms with van der Waals surface area (Å²) in [5, 5.41) is 0. The molecule has 0 aromatic rings. The van der Waals surface area contributed by atoms with E-state index in [0.29, 0.717) is 11.7 Å². The Kier molecular flexibility index (Phi) is 1.39. The summed E-state index contributed by atoms with van der Waals surface area (Å²) in [6.45, 7) is 11.2. The van der Waals surface area contributed by atoms with Crippen molar-refractivity contribution in [1.29, 1.82) is 0 Å². The summed E-state index contributed by atoms with van der Waals surface area (Å²) in [5.74, 6) is 1.25. The van der Waals surface area contributed by atoms with Crippen molar-refractivity contribution in [3.63, 3.8) is 0 Å². The lowest BCUT2D eigenvalue weighted by atomic mass is 10.1. The van der Waals surface area contributed by atoms with Crippen molar-refractivity contribution in [2.45, 2.75) is 19.4 Å². The largest absolute Gasteiger partial charge is 0.442 e. The molecule has 1 aliphatic heterocycles. The topological polar surface area (TPSA) is 21.6 Å². The van der Waals surface area contributed by atoms with Gasteiger partial charge in [0.05, 0.1) is 0 Å². The molecule has 0 aromatic heterocycles. The average molecular weight is 137 g/mol. The van der Waals surface area contributed by atoms with Gasteiger partial charge in [-0.05, 0) is 19.9 Å². The third-order valence-corrected chi connectivity index (χ3v) is 1.47. The van der Waals surface area contributed by atoms with Crippen LogP contribution in [0.15, 0.2) is 30.0 Å². The normalized spacial score (nSPS) is 21.8. The molecular weight excluding hydrogens is 126 g/mol. The molecule has 10 heavy (non-hydrogen) atoms. The summed E-state index contributed by atoms with van der Waals surface area (Å²) >= 11 is 0. The number of rotatable bonds is 1. The van der Waals surface area contributed by atoms with Crippen LogP contribution in [0.1, 0.15) is 13.8 Å². The van der Waals surface area contributed by atoms with Crippen molar-refractivity contribution in [2.75, 3.05) is 0 Å². The van der Waals surface area contributed by atoms with Crippen LogP contribution >= 0.6 is 0 Å². The number of aliphatic imine (C=N–C) groups is 1.